The minimum Gasteiger partial charge on any atom is -0.326 e. The van der Waals surface area contributed by atoms with Crippen molar-refractivity contribution in [3.63, 3.8) is 0 Å². The summed E-state index contributed by atoms with van der Waals surface area (Å²) in [5, 5.41) is 8.70. The number of aryl methyl sites for hydroxylation is 1. The van der Waals surface area contributed by atoms with Gasteiger partial charge in [-0.1, -0.05) is 0 Å². The van der Waals surface area contributed by atoms with Crippen LogP contribution in [0.25, 0.3) is 11.0 Å². The molecule has 0 unspecified atom stereocenters. The fourth-order valence-corrected chi connectivity index (χ4v) is 2.18. The monoisotopic (exact) mass is 264 g/mol. The van der Waals surface area contributed by atoms with Crippen LogP contribution < -0.4 is 0 Å². The van der Waals surface area contributed by atoms with Gasteiger partial charge in [-0.25, -0.2) is 4.98 Å². The van der Waals surface area contributed by atoms with Crippen LogP contribution in [-0.4, -0.2) is 14.5 Å². The lowest BCUT2D eigenvalue weighted by Gasteiger charge is -2.03. The van der Waals surface area contributed by atoms with Crippen molar-refractivity contribution in [2.75, 3.05) is 0 Å². The summed E-state index contributed by atoms with van der Waals surface area (Å²) in [6.45, 7) is 2.84. The first kappa shape index (κ1) is 10.1. The SMILES string of the molecule is CCn1c(CC#N)nc2cncc(Br)c21. The van der Waals surface area contributed by atoms with Gasteiger partial charge in [-0.05, 0) is 22.9 Å². The highest BCUT2D eigenvalue weighted by molar-refractivity contribution is 9.10. The van der Waals surface area contributed by atoms with Crippen LogP contribution in [0.5, 0.6) is 0 Å². The second-order valence-electron chi connectivity index (χ2n) is 3.10. The third-order valence-corrected chi connectivity index (χ3v) is 2.82. The molecule has 0 fully saturated rings. The fraction of sp³-hybridized carbons (Fsp3) is 0.300. The Morgan fingerprint density at radius 1 is 1.53 bits per heavy atom. The smallest absolute Gasteiger partial charge is 0.124 e. The Morgan fingerprint density at radius 2 is 2.33 bits per heavy atom. The van der Waals surface area contributed by atoms with E-state index >= 15 is 0 Å². The van der Waals surface area contributed by atoms with E-state index < -0.39 is 0 Å². The zero-order valence-corrected chi connectivity index (χ0v) is 9.82. The lowest BCUT2D eigenvalue weighted by atomic mass is 10.4. The number of hydrogen-bond acceptors (Lipinski definition) is 3. The summed E-state index contributed by atoms with van der Waals surface area (Å²) in [5.41, 5.74) is 1.84. The minimum absolute atomic E-state index is 0.328. The molecule has 0 aliphatic carbocycles. The third-order valence-electron chi connectivity index (χ3n) is 2.24. The van der Waals surface area contributed by atoms with Gasteiger partial charge >= 0.3 is 0 Å². The second kappa shape index (κ2) is 3.99. The average molecular weight is 265 g/mol. The summed E-state index contributed by atoms with van der Waals surface area (Å²) in [6, 6.07) is 2.12. The third kappa shape index (κ3) is 1.61. The molecule has 2 aromatic heterocycles. The topological polar surface area (TPSA) is 54.5 Å². The molecule has 2 rings (SSSR count). The van der Waals surface area contributed by atoms with Gasteiger partial charge in [0.2, 0.25) is 0 Å². The van der Waals surface area contributed by atoms with Crippen molar-refractivity contribution in [3.05, 3.63) is 22.7 Å². The Morgan fingerprint density at radius 3 is 3.00 bits per heavy atom. The molecule has 0 aromatic carbocycles. The summed E-state index contributed by atoms with van der Waals surface area (Å²) in [4.78, 5) is 8.44. The van der Waals surface area contributed by atoms with Gasteiger partial charge in [0.1, 0.15) is 11.3 Å². The molecule has 2 aromatic rings. The quantitative estimate of drug-likeness (QED) is 0.837. The summed E-state index contributed by atoms with van der Waals surface area (Å²) < 4.78 is 2.95. The molecule has 0 atom stereocenters. The van der Waals surface area contributed by atoms with Gasteiger partial charge in [0, 0.05) is 12.7 Å². The van der Waals surface area contributed by atoms with Crippen LogP contribution in [0, 0.1) is 11.3 Å². The van der Waals surface area contributed by atoms with Crippen molar-refractivity contribution in [2.24, 2.45) is 0 Å². The van der Waals surface area contributed by atoms with Crippen molar-refractivity contribution in [1.29, 1.82) is 5.26 Å². The predicted molar refractivity (Wildman–Crippen MR) is 60.2 cm³/mol. The largest absolute Gasteiger partial charge is 0.326 e. The van der Waals surface area contributed by atoms with Crippen molar-refractivity contribution < 1.29 is 0 Å². The summed E-state index contributed by atoms with van der Waals surface area (Å²) in [7, 11) is 0. The number of aromatic nitrogens is 3. The molecule has 0 N–H and O–H groups in total. The molecule has 0 bridgehead atoms. The molecule has 0 amide bonds. The van der Waals surface area contributed by atoms with Crippen LogP contribution in [0.1, 0.15) is 12.7 Å². The molecule has 2 heterocycles. The van der Waals surface area contributed by atoms with E-state index in [9.17, 15) is 0 Å². The van der Waals surface area contributed by atoms with Crippen molar-refractivity contribution in [3.8, 4) is 6.07 Å². The first-order valence-corrected chi connectivity index (χ1v) is 5.42. The zero-order chi connectivity index (χ0) is 10.8. The summed E-state index contributed by atoms with van der Waals surface area (Å²) in [5.74, 6) is 0.795. The number of fused-ring (bicyclic) bond motifs is 1. The van der Waals surface area contributed by atoms with Crippen molar-refractivity contribution in [1.82, 2.24) is 14.5 Å². The highest BCUT2D eigenvalue weighted by atomic mass is 79.9. The van der Waals surface area contributed by atoms with Crippen molar-refractivity contribution in [2.45, 2.75) is 19.9 Å². The lowest BCUT2D eigenvalue weighted by Crippen LogP contribution is -2.00. The van der Waals surface area contributed by atoms with Gasteiger partial charge in [-0.3, -0.25) is 4.98 Å². The number of rotatable bonds is 2. The van der Waals surface area contributed by atoms with Gasteiger partial charge in [0.15, 0.2) is 0 Å². The van der Waals surface area contributed by atoms with Crippen LogP contribution in [0.15, 0.2) is 16.9 Å². The standard InChI is InChI=1S/C10H9BrN4/c1-2-15-9(3-4-12)14-8-6-13-5-7(11)10(8)15/h5-6H,2-3H2,1H3. The number of nitriles is 1. The Kier molecular flexibility index (Phi) is 2.69. The van der Waals surface area contributed by atoms with E-state index in [0.29, 0.717) is 6.42 Å². The maximum absolute atomic E-state index is 8.70. The van der Waals surface area contributed by atoms with Gasteiger partial charge < -0.3 is 4.57 Å². The molecule has 0 saturated heterocycles. The molecule has 0 aliphatic rings. The van der Waals surface area contributed by atoms with Crippen molar-refractivity contribution >= 4 is 27.0 Å². The van der Waals surface area contributed by atoms with E-state index in [2.05, 4.69) is 32.0 Å². The molecular weight excluding hydrogens is 256 g/mol. The normalized spacial score (nSPS) is 10.5. The highest BCUT2D eigenvalue weighted by Crippen LogP contribution is 2.23. The fourth-order valence-electron chi connectivity index (χ4n) is 1.64. The predicted octanol–water partition coefficient (Wildman–Crippen LogP) is 2.28. The van der Waals surface area contributed by atoms with E-state index in [-0.39, 0.29) is 0 Å². The van der Waals surface area contributed by atoms with E-state index in [1.807, 2.05) is 11.5 Å². The molecular formula is C10H9BrN4. The number of pyridine rings is 1. The number of hydrogen-bond donors (Lipinski definition) is 0. The Labute approximate surface area is 95.7 Å². The van der Waals surface area contributed by atoms with Crippen LogP contribution >= 0.6 is 15.9 Å². The Hall–Kier alpha value is -1.41. The lowest BCUT2D eigenvalue weighted by molar-refractivity contribution is 0.738. The Bertz CT molecular complexity index is 538. The highest BCUT2D eigenvalue weighted by Gasteiger charge is 2.11. The van der Waals surface area contributed by atoms with Gasteiger partial charge in [-0.2, -0.15) is 5.26 Å². The molecule has 0 saturated carbocycles. The van der Waals surface area contributed by atoms with Crippen LogP contribution in [0.4, 0.5) is 0 Å². The van der Waals surface area contributed by atoms with Gasteiger partial charge in [-0.15, -0.1) is 0 Å². The molecule has 5 heteroatoms. The van der Waals surface area contributed by atoms with Crippen LogP contribution in [0.2, 0.25) is 0 Å². The summed E-state index contributed by atoms with van der Waals surface area (Å²) >= 11 is 3.45. The van der Waals surface area contributed by atoms with E-state index in [0.717, 1.165) is 27.9 Å². The molecule has 76 valence electrons. The average Bonchev–Trinajstić information content (AvgIpc) is 2.57. The van der Waals surface area contributed by atoms with Gasteiger partial charge in [0.25, 0.3) is 0 Å². The molecule has 0 radical (unpaired) electrons. The molecule has 0 spiro atoms. The second-order valence-corrected chi connectivity index (χ2v) is 3.95. The first-order valence-electron chi connectivity index (χ1n) is 4.63. The summed E-state index contributed by atoms with van der Waals surface area (Å²) in [6.07, 6.45) is 3.79. The molecule has 4 nitrogen and oxygen atoms in total. The maximum Gasteiger partial charge on any atom is 0.124 e. The van der Waals surface area contributed by atoms with E-state index in [1.165, 1.54) is 0 Å². The Balaban J connectivity index is 2.75. The molecule has 0 aliphatic heterocycles. The van der Waals surface area contributed by atoms with Gasteiger partial charge in [0.05, 0.1) is 28.7 Å². The van der Waals surface area contributed by atoms with E-state index in [4.69, 9.17) is 5.26 Å². The van der Waals surface area contributed by atoms with E-state index in [1.54, 1.807) is 12.4 Å². The number of nitrogens with zero attached hydrogens (tertiary/aromatic N) is 4. The van der Waals surface area contributed by atoms with Crippen LogP contribution in [-0.2, 0) is 13.0 Å². The van der Waals surface area contributed by atoms with Crippen LogP contribution in [0.3, 0.4) is 0 Å². The maximum atomic E-state index is 8.70. The zero-order valence-electron chi connectivity index (χ0n) is 8.24. The molecule has 15 heavy (non-hydrogen) atoms. The number of halogens is 1. The first-order chi connectivity index (χ1) is 7.27. The minimum atomic E-state index is 0.328. The number of imidazole rings is 1.